The van der Waals surface area contributed by atoms with Crippen LogP contribution in [0.5, 0.6) is 0 Å². The normalized spacial score (nSPS) is 10.5. The van der Waals surface area contributed by atoms with Gasteiger partial charge in [0.25, 0.3) is 0 Å². The Kier molecular flexibility index (Phi) is 22.7. The summed E-state index contributed by atoms with van der Waals surface area (Å²) in [4.78, 5) is 35.1. The molecule has 0 saturated carbocycles. The Hall–Kier alpha value is -1.71. The topological polar surface area (TPSA) is 161 Å². The van der Waals surface area contributed by atoms with Crippen LogP contribution in [-0.2, 0) is 58.1 Å². The number of hydrogen-bond acceptors (Lipinski definition) is 8. The van der Waals surface area contributed by atoms with Gasteiger partial charge in [0, 0.05) is 0 Å². The van der Waals surface area contributed by atoms with Gasteiger partial charge in [0.05, 0.1) is 0 Å². The molecule has 22 heteroatoms. The largest absolute Gasteiger partial charge is 3.00 e. The Labute approximate surface area is 180 Å². The molecule has 0 radical (unpaired) electrons. The summed E-state index contributed by atoms with van der Waals surface area (Å²) in [6.45, 7) is 0. The molecular formula is C8F12O8Rh2+2. The second kappa shape index (κ2) is 16.0. The van der Waals surface area contributed by atoms with Crippen LogP contribution in [0.15, 0.2) is 0 Å². The van der Waals surface area contributed by atoms with E-state index in [4.69, 9.17) is 39.6 Å². The average molecular weight is 658 g/mol. The zero-order valence-corrected chi connectivity index (χ0v) is 15.7. The van der Waals surface area contributed by atoms with Gasteiger partial charge in [-0.25, -0.2) is 0 Å². The fraction of sp³-hybridized carbons (Fsp3) is 0.500. The molecule has 0 aliphatic carbocycles. The minimum atomic E-state index is -5.19. The van der Waals surface area contributed by atoms with Gasteiger partial charge in [0.15, 0.2) is 0 Å². The summed E-state index contributed by atoms with van der Waals surface area (Å²) in [7, 11) is 0. The van der Waals surface area contributed by atoms with E-state index in [9.17, 15) is 52.7 Å². The molecular weight excluding hydrogens is 658 g/mol. The second-order valence-electron chi connectivity index (χ2n) is 3.14. The van der Waals surface area contributed by atoms with E-state index >= 15 is 0 Å². The smallest absolute Gasteiger partial charge is 0.542 e. The number of alkyl halides is 12. The first-order valence-corrected chi connectivity index (χ1v) is 4.90. The molecule has 30 heavy (non-hydrogen) atoms. The van der Waals surface area contributed by atoms with Crippen molar-refractivity contribution in [2.75, 3.05) is 0 Å². The van der Waals surface area contributed by atoms with E-state index in [2.05, 4.69) is 0 Å². The third kappa shape index (κ3) is 33.8. The number of rotatable bonds is 0. The zero-order valence-electron chi connectivity index (χ0n) is 12.5. The number of carbonyl (C=O) groups is 4. The maximum Gasteiger partial charge on any atom is 3.00 e. The SMILES string of the molecule is O=C([O-])C(F)(F)F.O=C([O-])C(F)(F)F.O=C([O-])C(F)(F)F.O=C([O-])C(F)(F)F.[Rh+3].[Rh+3]. The van der Waals surface area contributed by atoms with E-state index in [0.717, 1.165) is 0 Å². The molecule has 0 spiro atoms. The molecule has 0 heterocycles. The van der Waals surface area contributed by atoms with Gasteiger partial charge in [-0.15, -0.1) is 0 Å². The van der Waals surface area contributed by atoms with Crippen molar-refractivity contribution < 1.29 is 131 Å². The molecule has 0 fully saturated rings. The van der Waals surface area contributed by atoms with Crippen LogP contribution in [0.1, 0.15) is 0 Å². The summed E-state index contributed by atoms with van der Waals surface area (Å²) in [6.07, 6.45) is -20.8. The van der Waals surface area contributed by atoms with Gasteiger partial charge in [-0.2, -0.15) is 52.7 Å². The Morgan fingerprint density at radius 3 is 0.400 bits per heavy atom. The van der Waals surface area contributed by atoms with Crippen LogP contribution in [-0.4, -0.2) is 48.6 Å². The van der Waals surface area contributed by atoms with Crippen molar-refractivity contribution in [2.45, 2.75) is 24.7 Å². The zero-order chi connectivity index (χ0) is 24.3. The van der Waals surface area contributed by atoms with E-state index in [1.54, 1.807) is 0 Å². The number of aliphatic carboxylic acids is 4. The number of halogens is 12. The standard InChI is InChI=1S/4C2HF3O2.2Rh/c4*3-2(4,5)1(6)7;;/h4*(H,6,7);;/q;;;;2*+3/p-4. The maximum absolute atomic E-state index is 10.5. The summed E-state index contributed by atoms with van der Waals surface area (Å²) in [5.74, 6) is -12.0. The first-order valence-electron chi connectivity index (χ1n) is 4.90. The molecule has 0 saturated heterocycles. The van der Waals surface area contributed by atoms with E-state index in [0.29, 0.717) is 0 Å². The van der Waals surface area contributed by atoms with Crippen molar-refractivity contribution in [3.05, 3.63) is 0 Å². The van der Waals surface area contributed by atoms with Crippen LogP contribution in [0, 0.1) is 0 Å². The van der Waals surface area contributed by atoms with Crippen molar-refractivity contribution in [3.63, 3.8) is 0 Å². The molecule has 0 bridgehead atoms. The molecule has 0 amide bonds. The van der Waals surface area contributed by atoms with Gasteiger partial charge < -0.3 is 39.6 Å². The maximum atomic E-state index is 10.5. The van der Waals surface area contributed by atoms with Crippen molar-refractivity contribution in [2.24, 2.45) is 0 Å². The third-order valence-corrected chi connectivity index (χ3v) is 0.926. The summed E-state index contributed by atoms with van der Waals surface area (Å²) in [5, 5.41) is 35.1. The van der Waals surface area contributed by atoms with Crippen LogP contribution in [0.25, 0.3) is 0 Å². The van der Waals surface area contributed by atoms with Crippen LogP contribution < -0.4 is 20.4 Å². The van der Waals surface area contributed by atoms with Gasteiger partial charge in [0.1, 0.15) is 23.9 Å². The number of carboxylic acid groups (broad SMARTS) is 4. The molecule has 0 atom stereocenters. The van der Waals surface area contributed by atoms with Gasteiger partial charge in [-0.1, -0.05) is 0 Å². The van der Waals surface area contributed by atoms with Crippen LogP contribution >= 0.6 is 0 Å². The quantitative estimate of drug-likeness (QED) is 0.199. The van der Waals surface area contributed by atoms with Crippen molar-refractivity contribution >= 4 is 23.9 Å². The molecule has 0 aliphatic rings. The van der Waals surface area contributed by atoms with Crippen LogP contribution in [0.4, 0.5) is 52.7 Å². The first kappa shape index (κ1) is 42.4. The van der Waals surface area contributed by atoms with Gasteiger partial charge >= 0.3 is 63.7 Å². The predicted octanol–water partition coefficient (Wildman–Crippen LogP) is -2.81. The Morgan fingerprint density at radius 2 is 0.400 bits per heavy atom. The Bertz CT molecular complexity index is 440. The molecule has 0 aliphatic heterocycles. The molecule has 0 rings (SSSR count). The summed E-state index contributed by atoms with van der Waals surface area (Å²) in [5.41, 5.74) is 0. The van der Waals surface area contributed by atoms with Crippen molar-refractivity contribution in [1.29, 1.82) is 0 Å². The fourth-order valence-electron chi connectivity index (χ4n) is 0. The Morgan fingerprint density at radius 1 is 0.367 bits per heavy atom. The molecule has 0 unspecified atom stereocenters. The van der Waals surface area contributed by atoms with E-state index in [-0.39, 0.29) is 39.0 Å². The van der Waals surface area contributed by atoms with Gasteiger partial charge in [-0.05, 0) is 0 Å². The monoisotopic (exact) mass is 658 g/mol. The van der Waals surface area contributed by atoms with Crippen molar-refractivity contribution in [3.8, 4) is 0 Å². The molecule has 0 aromatic carbocycles. The molecule has 0 aromatic rings. The number of hydrogen-bond donors (Lipinski definition) is 0. The van der Waals surface area contributed by atoms with E-state index in [1.807, 2.05) is 0 Å². The molecule has 8 nitrogen and oxygen atoms in total. The fourth-order valence-corrected chi connectivity index (χ4v) is 0. The van der Waals surface area contributed by atoms with Crippen LogP contribution in [0.3, 0.4) is 0 Å². The summed E-state index contributed by atoms with van der Waals surface area (Å²) >= 11 is 0. The van der Waals surface area contributed by atoms with E-state index in [1.165, 1.54) is 0 Å². The summed E-state index contributed by atoms with van der Waals surface area (Å²) in [6, 6.07) is 0. The first-order chi connectivity index (χ1) is 11.8. The molecule has 0 aromatic heterocycles. The number of carboxylic acids is 4. The molecule has 0 N–H and O–H groups in total. The Balaban J connectivity index is -0.0000000626. The van der Waals surface area contributed by atoms with Crippen LogP contribution in [0.2, 0.25) is 0 Å². The van der Waals surface area contributed by atoms with Crippen molar-refractivity contribution in [1.82, 2.24) is 0 Å². The van der Waals surface area contributed by atoms with Gasteiger partial charge in [-0.3, -0.25) is 0 Å². The minimum absolute atomic E-state index is 0. The van der Waals surface area contributed by atoms with Gasteiger partial charge in [0.2, 0.25) is 0 Å². The second-order valence-corrected chi connectivity index (χ2v) is 3.14. The summed E-state index contributed by atoms with van der Waals surface area (Å²) < 4.78 is 126. The third-order valence-electron chi connectivity index (χ3n) is 0.926. The van der Waals surface area contributed by atoms with E-state index < -0.39 is 48.6 Å². The average Bonchev–Trinajstić information content (AvgIpc) is 2.35. The predicted molar refractivity (Wildman–Crippen MR) is 44.2 cm³/mol. The number of carbonyl (C=O) groups excluding carboxylic acids is 4. The minimum Gasteiger partial charge on any atom is -0.542 e. The molecule has 180 valence electrons.